The molecule has 0 aliphatic rings. The molecular formula is C15H12ClN3O5. The summed E-state index contributed by atoms with van der Waals surface area (Å²) >= 11 is 5.89. The van der Waals surface area contributed by atoms with Crippen molar-refractivity contribution >= 4 is 29.4 Å². The Bertz CT molecular complexity index is 823. The number of phenolic OH excluding ortho intramolecular Hbond substituents is 1. The first kappa shape index (κ1) is 17.2. The smallest absolute Gasteiger partial charge is 0.282 e. The number of benzene rings is 2. The number of hydrogen-bond acceptors (Lipinski definition) is 6. The number of halogens is 1. The number of phenols is 1. The third-order valence-electron chi connectivity index (χ3n) is 3.01. The van der Waals surface area contributed by atoms with E-state index in [2.05, 4.69) is 10.5 Å². The molecule has 2 rings (SSSR count). The number of amides is 1. The second-order valence-electron chi connectivity index (χ2n) is 4.52. The van der Waals surface area contributed by atoms with Gasteiger partial charge in [-0.3, -0.25) is 14.9 Å². The maximum atomic E-state index is 11.9. The van der Waals surface area contributed by atoms with E-state index in [1.807, 2.05) is 0 Å². The van der Waals surface area contributed by atoms with Gasteiger partial charge in [-0.25, -0.2) is 5.43 Å². The van der Waals surface area contributed by atoms with Crippen LogP contribution in [0.25, 0.3) is 0 Å². The maximum absolute atomic E-state index is 11.9. The molecule has 2 aromatic rings. The third kappa shape index (κ3) is 3.79. The minimum atomic E-state index is -0.654. The van der Waals surface area contributed by atoms with Crippen LogP contribution in [-0.2, 0) is 0 Å². The molecule has 0 fully saturated rings. The van der Waals surface area contributed by atoms with Gasteiger partial charge in [0.2, 0.25) is 0 Å². The fraction of sp³-hybridized carbons (Fsp3) is 0.0667. The second kappa shape index (κ2) is 7.42. The van der Waals surface area contributed by atoms with Crippen LogP contribution >= 0.6 is 11.6 Å². The molecule has 2 N–H and O–H groups in total. The third-order valence-corrected chi connectivity index (χ3v) is 3.34. The van der Waals surface area contributed by atoms with Crippen molar-refractivity contribution in [1.82, 2.24) is 5.43 Å². The van der Waals surface area contributed by atoms with Gasteiger partial charge in [0, 0.05) is 0 Å². The number of methoxy groups -OCH3 is 1. The number of nitro groups is 1. The zero-order valence-electron chi connectivity index (χ0n) is 12.4. The van der Waals surface area contributed by atoms with E-state index in [9.17, 15) is 20.0 Å². The Morgan fingerprint density at radius 3 is 2.75 bits per heavy atom. The first-order chi connectivity index (χ1) is 11.4. The number of aromatic hydroxyl groups is 1. The van der Waals surface area contributed by atoms with Gasteiger partial charge in [0.25, 0.3) is 11.6 Å². The topological polar surface area (TPSA) is 114 Å². The number of hydrogen-bond donors (Lipinski definition) is 2. The predicted octanol–water partition coefficient (Wildman–Crippen LogP) is 2.73. The maximum Gasteiger partial charge on any atom is 0.282 e. The second-order valence-corrected chi connectivity index (χ2v) is 4.93. The first-order valence-electron chi connectivity index (χ1n) is 6.57. The molecule has 0 saturated carbocycles. The van der Waals surface area contributed by atoms with Crippen LogP contribution in [0, 0.1) is 10.1 Å². The molecule has 0 bridgehead atoms. The fourth-order valence-electron chi connectivity index (χ4n) is 1.86. The molecule has 24 heavy (non-hydrogen) atoms. The summed E-state index contributed by atoms with van der Waals surface area (Å²) in [5.41, 5.74) is 2.09. The highest BCUT2D eigenvalue weighted by Gasteiger charge is 2.17. The SMILES string of the molecule is COc1cc([N+](=O)[O-])c(/C=N\NC(=O)c2ccccc2Cl)cc1O. The summed E-state index contributed by atoms with van der Waals surface area (Å²) in [6.45, 7) is 0. The van der Waals surface area contributed by atoms with E-state index in [4.69, 9.17) is 16.3 Å². The van der Waals surface area contributed by atoms with Gasteiger partial charge in [-0.1, -0.05) is 23.7 Å². The van der Waals surface area contributed by atoms with Crippen LogP contribution in [0.1, 0.15) is 15.9 Å². The van der Waals surface area contributed by atoms with Crippen LogP contribution in [0.4, 0.5) is 5.69 Å². The summed E-state index contributed by atoms with van der Waals surface area (Å²) in [7, 11) is 1.27. The Morgan fingerprint density at radius 1 is 1.42 bits per heavy atom. The van der Waals surface area contributed by atoms with Gasteiger partial charge in [0.1, 0.15) is 0 Å². The van der Waals surface area contributed by atoms with Gasteiger partial charge in [0.05, 0.1) is 40.5 Å². The summed E-state index contributed by atoms with van der Waals surface area (Å²) < 4.78 is 4.82. The molecule has 0 atom stereocenters. The predicted molar refractivity (Wildman–Crippen MR) is 87.8 cm³/mol. The van der Waals surface area contributed by atoms with Gasteiger partial charge >= 0.3 is 0 Å². The minimum absolute atomic E-state index is 0.00208. The van der Waals surface area contributed by atoms with E-state index < -0.39 is 10.8 Å². The minimum Gasteiger partial charge on any atom is -0.504 e. The summed E-state index contributed by atoms with van der Waals surface area (Å²) in [6, 6.07) is 8.54. The molecular weight excluding hydrogens is 338 g/mol. The Morgan fingerprint density at radius 2 is 2.12 bits per heavy atom. The number of nitro benzene ring substituents is 1. The quantitative estimate of drug-likeness (QED) is 0.489. The molecule has 0 saturated heterocycles. The van der Waals surface area contributed by atoms with Crippen LogP contribution in [0.3, 0.4) is 0 Å². The van der Waals surface area contributed by atoms with Crippen LogP contribution < -0.4 is 10.2 Å². The normalized spacial score (nSPS) is 10.6. The van der Waals surface area contributed by atoms with Crippen molar-refractivity contribution in [2.24, 2.45) is 5.10 Å². The highest BCUT2D eigenvalue weighted by atomic mass is 35.5. The lowest BCUT2D eigenvalue weighted by Gasteiger charge is -2.05. The molecule has 1 amide bonds. The molecule has 9 heteroatoms. The zero-order valence-corrected chi connectivity index (χ0v) is 13.1. The average Bonchev–Trinajstić information content (AvgIpc) is 2.55. The van der Waals surface area contributed by atoms with E-state index in [1.165, 1.54) is 13.2 Å². The summed E-state index contributed by atoms with van der Waals surface area (Å²) in [4.78, 5) is 22.3. The molecule has 0 heterocycles. The summed E-state index contributed by atoms with van der Waals surface area (Å²) in [5.74, 6) is -0.904. The van der Waals surface area contributed by atoms with E-state index in [0.29, 0.717) is 0 Å². The van der Waals surface area contributed by atoms with Gasteiger partial charge in [-0.05, 0) is 18.2 Å². The molecule has 0 unspecified atom stereocenters. The van der Waals surface area contributed by atoms with Gasteiger partial charge < -0.3 is 9.84 Å². The number of nitrogens with one attached hydrogen (secondary N) is 1. The van der Waals surface area contributed by atoms with Crippen molar-refractivity contribution in [3.05, 3.63) is 62.7 Å². The Labute approximate surface area is 141 Å². The lowest BCUT2D eigenvalue weighted by Crippen LogP contribution is -2.18. The van der Waals surface area contributed by atoms with Gasteiger partial charge in [-0.15, -0.1) is 0 Å². The monoisotopic (exact) mass is 349 g/mol. The molecule has 0 aliphatic carbocycles. The fourth-order valence-corrected chi connectivity index (χ4v) is 2.09. The number of ether oxygens (including phenoxy) is 1. The van der Waals surface area contributed by atoms with Crippen LogP contribution in [0.5, 0.6) is 11.5 Å². The van der Waals surface area contributed by atoms with Crippen LogP contribution in [0.2, 0.25) is 5.02 Å². The van der Waals surface area contributed by atoms with Gasteiger partial charge in [-0.2, -0.15) is 5.10 Å². The summed E-state index contributed by atoms with van der Waals surface area (Å²) in [5, 5.41) is 24.7. The van der Waals surface area contributed by atoms with Crippen LogP contribution in [0.15, 0.2) is 41.5 Å². The molecule has 0 radical (unpaired) electrons. The molecule has 0 spiro atoms. The number of carbonyl (C=O) groups excluding carboxylic acids is 1. The van der Waals surface area contributed by atoms with Crippen molar-refractivity contribution in [3.8, 4) is 11.5 Å². The highest BCUT2D eigenvalue weighted by molar-refractivity contribution is 6.33. The largest absolute Gasteiger partial charge is 0.504 e. The van der Waals surface area contributed by atoms with E-state index >= 15 is 0 Å². The average molecular weight is 350 g/mol. The van der Waals surface area contributed by atoms with Crippen molar-refractivity contribution in [2.45, 2.75) is 0 Å². The zero-order chi connectivity index (χ0) is 17.7. The molecule has 124 valence electrons. The van der Waals surface area contributed by atoms with Gasteiger partial charge in [0.15, 0.2) is 11.5 Å². The first-order valence-corrected chi connectivity index (χ1v) is 6.95. The molecule has 0 aromatic heterocycles. The Balaban J connectivity index is 2.23. The number of carbonyl (C=O) groups is 1. The number of hydrazone groups is 1. The van der Waals surface area contributed by atoms with E-state index in [0.717, 1.165) is 18.3 Å². The van der Waals surface area contributed by atoms with E-state index in [-0.39, 0.29) is 33.3 Å². The van der Waals surface area contributed by atoms with Crippen molar-refractivity contribution < 1.29 is 19.6 Å². The standard InChI is InChI=1S/C15H12ClN3O5/c1-24-14-7-12(19(22)23)9(6-13(14)20)8-17-18-15(21)10-4-2-3-5-11(10)16/h2-8,20H,1H3,(H,18,21)/b17-8-. The van der Waals surface area contributed by atoms with Crippen molar-refractivity contribution in [2.75, 3.05) is 7.11 Å². The van der Waals surface area contributed by atoms with E-state index in [1.54, 1.807) is 18.2 Å². The Kier molecular flexibility index (Phi) is 5.33. The highest BCUT2D eigenvalue weighted by Crippen LogP contribution is 2.32. The lowest BCUT2D eigenvalue weighted by molar-refractivity contribution is -0.385. The molecule has 8 nitrogen and oxygen atoms in total. The molecule has 0 aliphatic heterocycles. The number of nitrogens with zero attached hydrogens (tertiary/aromatic N) is 2. The molecule has 2 aromatic carbocycles. The van der Waals surface area contributed by atoms with Crippen molar-refractivity contribution in [3.63, 3.8) is 0 Å². The lowest BCUT2D eigenvalue weighted by atomic mass is 10.1. The summed E-state index contributed by atoms with van der Waals surface area (Å²) in [6.07, 6.45) is 1.05. The van der Waals surface area contributed by atoms with Crippen molar-refractivity contribution in [1.29, 1.82) is 0 Å². The Hall–Kier alpha value is -3.13. The van der Waals surface area contributed by atoms with Crippen LogP contribution in [-0.4, -0.2) is 29.3 Å². The number of rotatable bonds is 5.